The quantitative estimate of drug-likeness (QED) is 0.566. The molecule has 4 nitrogen and oxygen atoms in total. The summed E-state index contributed by atoms with van der Waals surface area (Å²) < 4.78 is 5.49. The van der Waals surface area contributed by atoms with Crippen LogP contribution in [0.3, 0.4) is 0 Å². The molecule has 106 valence electrons. The normalized spacial score (nSPS) is 10.7. The maximum atomic E-state index is 5.68. The molecule has 0 aliphatic carbocycles. The van der Waals surface area contributed by atoms with E-state index in [0.29, 0.717) is 11.1 Å². The maximum Gasteiger partial charge on any atom is 0.136 e. The molecule has 0 radical (unpaired) electrons. The Hall–Kier alpha value is -1.20. The molecule has 3 N–H and O–H groups in total. The standard InChI is InChI=1S/C14H23N3OS/c1-10(2)18-9-5-4-8-16-14-12(13(15)19)7-6-11(3)17-14/h6-7,10H,4-5,8-9H2,1-3H3,(H2,15,19)(H,16,17). The van der Waals surface area contributed by atoms with Gasteiger partial charge in [0, 0.05) is 18.8 Å². The zero-order chi connectivity index (χ0) is 14.3. The van der Waals surface area contributed by atoms with Crippen molar-refractivity contribution in [3.63, 3.8) is 0 Å². The molecule has 1 aromatic heterocycles. The van der Waals surface area contributed by atoms with Crippen molar-refractivity contribution in [1.82, 2.24) is 4.98 Å². The third-order valence-electron chi connectivity index (χ3n) is 2.61. The Morgan fingerprint density at radius 2 is 2.16 bits per heavy atom. The van der Waals surface area contributed by atoms with Gasteiger partial charge in [-0.1, -0.05) is 12.2 Å². The molecule has 0 saturated carbocycles. The van der Waals surface area contributed by atoms with Gasteiger partial charge in [-0.3, -0.25) is 0 Å². The van der Waals surface area contributed by atoms with Gasteiger partial charge in [-0.2, -0.15) is 0 Å². The average molecular weight is 281 g/mol. The number of aromatic nitrogens is 1. The highest BCUT2D eigenvalue weighted by Gasteiger charge is 2.06. The van der Waals surface area contributed by atoms with Crippen molar-refractivity contribution in [2.24, 2.45) is 5.73 Å². The summed E-state index contributed by atoms with van der Waals surface area (Å²) in [7, 11) is 0. The van der Waals surface area contributed by atoms with Gasteiger partial charge in [0.25, 0.3) is 0 Å². The van der Waals surface area contributed by atoms with Crippen molar-refractivity contribution in [2.75, 3.05) is 18.5 Å². The van der Waals surface area contributed by atoms with Gasteiger partial charge in [0.2, 0.25) is 0 Å². The van der Waals surface area contributed by atoms with Crippen molar-refractivity contribution >= 4 is 23.0 Å². The van der Waals surface area contributed by atoms with Crippen molar-refractivity contribution in [1.29, 1.82) is 0 Å². The monoisotopic (exact) mass is 281 g/mol. The predicted octanol–water partition coefficient (Wildman–Crippen LogP) is 2.64. The second-order valence-electron chi connectivity index (χ2n) is 4.77. The summed E-state index contributed by atoms with van der Waals surface area (Å²) in [4.78, 5) is 4.80. The first-order chi connectivity index (χ1) is 9.00. The number of hydrogen-bond acceptors (Lipinski definition) is 4. The number of unbranched alkanes of at least 4 members (excludes halogenated alkanes) is 1. The number of anilines is 1. The molecule has 1 heterocycles. The summed E-state index contributed by atoms with van der Waals surface area (Å²) in [6.45, 7) is 7.67. The molecule has 0 aliphatic rings. The first-order valence-corrected chi connectivity index (χ1v) is 7.04. The molecule has 1 aromatic rings. The van der Waals surface area contributed by atoms with E-state index in [2.05, 4.69) is 10.3 Å². The fraction of sp³-hybridized carbons (Fsp3) is 0.571. The third-order valence-corrected chi connectivity index (χ3v) is 2.83. The Balaban J connectivity index is 2.40. The van der Waals surface area contributed by atoms with Crippen LogP contribution < -0.4 is 11.1 Å². The Labute approximate surface area is 120 Å². The minimum Gasteiger partial charge on any atom is -0.389 e. The molecule has 1 rings (SSSR count). The Morgan fingerprint density at radius 1 is 1.42 bits per heavy atom. The van der Waals surface area contributed by atoms with Gasteiger partial charge in [-0.05, 0) is 45.7 Å². The lowest BCUT2D eigenvalue weighted by Gasteiger charge is -2.11. The summed E-state index contributed by atoms with van der Waals surface area (Å²) in [5.41, 5.74) is 7.44. The van der Waals surface area contributed by atoms with Gasteiger partial charge in [-0.25, -0.2) is 4.98 Å². The van der Waals surface area contributed by atoms with E-state index in [4.69, 9.17) is 22.7 Å². The lowest BCUT2D eigenvalue weighted by Crippen LogP contribution is -2.15. The second-order valence-corrected chi connectivity index (χ2v) is 5.21. The molecule has 5 heteroatoms. The molecule has 0 fully saturated rings. The molecule has 0 atom stereocenters. The number of nitrogens with two attached hydrogens (primary N) is 1. The van der Waals surface area contributed by atoms with E-state index in [1.165, 1.54) is 0 Å². The molecule has 0 spiro atoms. The molecule has 0 amide bonds. The van der Waals surface area contributed by atoms with Gasteiger partial charge in [0.05, 0.1) is 11.7 Å². The van der Waals surface area contributed by atoms with Gasteiger partial charge < -0.3 is 15.8 Å². The van der Waals surface area contributed by atoms with Crippen molar-refractivity contribution in [3.8, 4) is 0 Å². The van der Waals surface area contributed by atoms with E-state index in [1.54, 1.807) is 0 Å². The SMILES string of the molecule is Cc1ccc(C(N)=S)c(NCCCCOC(C)C)n1. The van der Waals surface area contributed by atoms with E-state index in [9.17, 15) is 0 Å². The number of rotatable bonds is 8. The highest BCUT2D eigenvalue weighted by molar-refractivity contribution is 7.80. The molecular formula is C14H23N3OS. The van der Waals surface area contributed by atoms with Crippen LogP contribution in [0.15, 0.2) is 12.1 Å². The van der Waals surface area contributed by atoms with E-state index >= 15 is 0 Å². The van der Waals surface area contributed by atoms with Gasteiger partial charge in [-0.15, -0.1) is 0 Å². The predicted molar refractivity (Wildman–Crippen MR) is 83.7 cm³/mol. The number of pyridine rings is 1. The highest BCUT2D eigenvalue weighted by atomic mass is 32.1. The molecule has 0 aliphatic heterocycles. The molecule has 19 heavy (non-hydrogen) atoms. The molecular weight excluding hydrogens is 258 g/mol. The summed E-state index contributed by atoms with van der Waals surface area (Å²) in [6, 6.07) is 3.82. The molecule has 0 aromatic carbocycles. The Bertz CT molecular complexity index is 421. The van der Waals surface area contributed by atoms with Crippen LogP contribution in [-0.4, -0.2) is 29.2 Å². The molecule has 0 saturated heterocycles. The minimum absolute atomic E-state index is 0.299. The minimum atomic E-state index is 0.299. The second kappa shape index (κ2) is 8.07. The van der Waals surface area contributed by atoms with E-state index in [1.807, 2.05) is 32.9 Å². The third kappa shape index (κ3) is 5.98. The molecule has 0 bridgehead atoms. The van der Waals surface area contributed by atoms with Gasteiger partial charge >= 0.3 is 0 Å². The van der Waals surface area contributed by atoms with Crippen LogP contribution in [0.2, 0.25) is 0 Å². The Morgan fingerprint density at radius 3 is 2.79 bits per heavy atom. The van der Waals surface area contributed by atoms with Crippen LogP contribution >= 0.6 is 12.2 Å². The number of aryl methyl sites for hydroxylation is 1. The number of nitrogens with one attached hydrogen (secondary N) is 1. The van der Waals surface area contributed by atoms with E-state index in [0.717, 1.165) is 43.1 Å². The summed E-state index contributed by atoms with van der Waals surface area (Å²) in [5, 5.41) is 3.29. The van der Waals surface area contributed by atoms with Crippen LogP contribution in [0.1, 0.15) is 37.9 Å². The Kier molecular flexibility index (Phi) is 6.73. The number of nitrogens with zero attached hydrogens (tertiary/aromatic N) is 1. The van der Waals surface area contributed by atoms with E-state index < -0.39 is 0 Å². The number of ether oxygens (including phenoxy) is 1. The average Bonchev–Trinajstić information content (AvgIpc) is 2.33. The van der Waals surface area contributed by atoms with Crippen LogP contribution in [0.5, 0.6) is 0 Å². The zero-order valence-corrected chi connectivity index (χ0v) is 12.7. The van der Waals surface area contributed by atoms with Crippen molar-refractivity contribution in [2.45, 2.75) is 39.7 Å². The fourth-order valence-electron chi connectivity index (χ4n) is 1.64. The lowest BCUT2D eigenvalue weighted by molar-refractivity contribution is 0.0765. The summed E-state index contributed by atoms with van der Waals surface area (Å²) >= 11 is 5.02. The fourth-order valence-corrected chi connectivity index (χ4v) is 1.81. The maximum absolute atomic E-state index is 5.68. The smallest absolute Gasteiger partial charge is 0.136 e. The number of hydrogen-bond donors (Lipinski definition) is 2. The van der Waals surface area contributed by atoms with Crippen LogP contribution in [0.25, 0.3) is 0 Å². The largest absolute Gasteiger partial charge is 0.389 e. The molecule has 0 unspecified atom stereocenters. The summed E-state index contributed by atoms with van der Waals surface area (Å²) in [6.07, 6.45) is 2.35. The van der Waals surface area contributed by atoms with Crippen molar-refractivity contribution < 1.29 is 4.74 Å². The first kappa shape index (κ1) is 15.9. The lowest BCUT2D eigenvalue weighted by atomic mass is 10.2. The topological polar surface area (TPSA) is 60.2 Å². The van der Waals surface area contributed by atoms with E-state index in [-0.39, 0.29) is 0 Å². The summed E-state index contributed by atoms with van der Waals surface area (Å²) in [5.74, 6) is 0.775. The van der Waals surface area contributed by atoms with Crippen molar-refractivity contribution in [3.05, 3.63) is 23.4 Å². The van der Waals surface area contributed by atoms with Gasteiger partial charge in [0.1, 0.15) is 10.8 Å². The first-order valence-electron chi connectivity index (χ1n) is 6.63. The number of thiocarbonyl (C=S) groups is 1. The van der Waals surface area contributed by atoms with Gasteiger partial charge in [0.15, 0.2) is 0 Å². The highest BCUT2D eigenvalue weighted by Crippen LogP contribution is 2.13. The van der Waals surface area contributed by atoms with Crippen LogP contribution in [0, 0.1) is 6.92 Å². The zero-order valence-electron chi connectivity index (χ0n) is 11.9. The van der Waals surface area contributed by atoms with Crippen LogP contribution in [-0.2, 0) is 4.74 Å². The van der Waals surface area contributed by atoms with Crippen LogP contribution in [0.4, 0.5) is 5.82 Å².